The zero-order valence-corrected chi connectivity index (χ0v) is 15.5. The largest absolute Gasteiger partial charge is 0.368 e. The molecule has 2 aromatic heterocycles. The number of benzene rings is 1. The average Bonchev–Trinajstić information content (AvgIpc) is 3.06. The molecular formula is C20H22N6O. The molecule has 27 heavy (non-hydrogen) atoms. The maximum Gasteiger partial charge on any atom is 0.234 e. The number of nitriles is 1. The fourth-order valence-corrected chi connectivity index (χ4v) is 3.82. The van der Waals surface area contributed by atoms with Crippen LogP contribution < -0.4 is 10.6 Å². The van der Waals surface area contributed by atoms with Gasteiger partial charge in [0.05, 0.1) is 22.6 Å². The Hall–Kier alpha value is -3.11. The van der Waals surface area contributed by atoms with Gasteiger partial charge in [0.25, 0.3) is 0 Å². The number of nitrogens with zero attached hydrogens (tertiary/aromatic N) is 5. The van der Waals surface area contributed by atoms with E-state index < -0.39 is 0 Å². The van der Waals surface area contributed by atoms with E-state index >= 15 is 0 Å². The fourth-order valence-electron chi connectivity index (χ4n) is 3.82. The highest BCUT2D eigenvalue weighted by Crippen LogP contribution is 2.29. The maximum atomic E-state index is 11.5. The third-order valence-electron chi connectivity index (χ3n) is 5.46. The van der Waals surface area contributed by atoms with Crippen molar-refractivity contribution in [2.75, 3.05) is 31.1 Å². The summed E-state index contributed by atoms with van der Waals surface area (Å²) in [5, 5.41) is 9.62. The molecule has 7 nitrogen and oxygen atoms in total. The number of fused-ring (bicyclic) bond motifs is 3. The van der Waals surface area contributed by atoms with Gasteiger partial charge in [0.2, 0.25) is 5.91 Å². The van der Waals surface area contributed by atoms with Gasteiger partial charge in [-0.25, -0.2) is 4.98 Å². The van der Waals surface area contributed by atoms with E-state index in [2.05, 4.69) is 26.3 Å². The molecule has 1 amide bonds. The molecule has 0 radical (unpaired) electrons. The van der Waals surface area contributed by atoms with E-state index in [1.807, 2.05) is 38.1 Å². The highest BCUT2D eigenvalue weighted by atomic mass is 16.1. The molecule has 2 N–H and O–H groups in total. The van der Waals surface area contributed by atoms with Crippen LogP contribution >= 0.6 is 0 Å². The lowest BCUT2D eigenvalue weighted by Crippen LogP contribution is -2.53. The minimum atomic E-state index is -0.291. The maximum absolute atomic E-state index is 11.5. The van der Waals surface area contributed by atoms with Crippen LogP contribution in [-0.2, 0) is 4.79 Å². The Bertz CT molecular complexity index is 1070. The zero-order chi connectivity index (χ0) is 19.1. The van der Waals surface area contributed by atoms with Crippen molar-refractivity contribution in [3.8, 4) is 6.07 Å². The van der Waals surface area contributed by atoms with E-state index in [0.29, 0.717) is 11.2 Å². The van der Waals surface area contributed by atoms with Crippen LogP contribution in [0.15, 0.2) is 30.3 Å². The number of aryl methyl sites for hydroxylation is 1. The normalized spacial score (nSPS) is 16.6. The number of anilines is 1. The molecule has 138 valence electrons. The molecule has 1 aliphatic rings. The number of piperazine rings is 1. The Morgan fingerprint density at radius 1 is 1.26 bits per heavy atom. The summed E-state index contributed by atoms with van der Waals surface area (Å²) in [7, 11) is 0. The van der Waals surface area contributed by atoms with E-state index in [-0.39, 0.29) is 11.9 Å². The second-order valence-electron chi connectivity index (χ2n) is 7.03. The molecule has 3 heterocycles. The molecule has 1 atom stereocenters. The van der Waals surface area contributed by atoms with E-state index in [1.165, 1.54) is 0 Å². The van der Waals surface area contributed by atoms with Crippen LogP contribution in [0.1, 0.15) is 18.1 Å². The highest BCUT2D eigenvalue weighted by Gasteiger charge is 2.26. The van der Waals surface area contributed by atoms with Crippen molar-refractivity contribution in [2.45, 2.75) is 19.9 Å². The standard InChI is InChI=1S/C20H22N6O/c1-13-11-18(25-9-7-24(8-10-25)14(2)19(22)27)26-17-6-4-3-5-16(17)23-20(26)15(13)12-21/h3-6,11,14H,7-10H2,1-2H3,(H2,22,27). The van der Waals surface area contributed by atoms with Gasteiger partial charge in [-0.3, -0.25) is 14.1 Å². The SMILES string of the molecule is Cc1cc(N2CCN(C(C)C(N)=O)CC2)n2c(nc3ccccc32)c1C#N. The smallest absolute Gasteiger partial charge is 0.234 e. The third kappa shape index (κ3) is 2.78. The predicted octanol–water partition coefficient (Wildman–Crippen LogP) is 1.66. The Labute approximate surface area is 157 Å². The molecule has 0 spiro atoms. The molecule has 0 saturated carbocycles. The van der Waals surface area contributed by atoms with Crippen molar-refractivity contribution < 1.29 is 4.79 Å². The second-order valence-corrected chi connectivity index (χ2v) is 7.03. The van der Waals surface area contributed by atoms with Crippen molar-refractivity contribution in [3.05, 3.63) is 41.5 Å². The molecule has 3 aromatic rings. The minimum Gasteiger partial charge on any atom is -0.368 e. The number of amides is 1. The summed E-state index contributed by atoms with van der Waals surface area (Å²) in [5.41, 5.74) is 9.54. The van der Waals surface area contributed by atoms with E-state index in [0.717, 1.165) is 48.6 Å². The molecular weight excluding hydrogens is 340 g/mol. The summed E-state index contributed by atoms with van der Waals surface area (Å²) in [5.74, 6) is 0.738. The number of para-hydroxylation sites is 2. The molecule has 1 saturated heterocycles. The lowest BCUT2D eigenvalue weighted by atomic mass is 10.1. The predicted molar refractivity (Wildman–Crippen MR) is 105 cm³/mol. The number of hydrogen-bond acceptors (Lipinski definition) is 5. The number of hydrogen-bond donors (Lipinski definition) is 1. The number of primary amides is 1. The van der Waals surface area contributed by atoms with Gasteiger partial charge < -0.3 is 10.6 Å². The van der Waals surface area contributed by atoms with Gasteiger partial charge in [0.1, 0.15) is 11.9 Å². The van der Waals surface area contributed by atoms with Gasteiger partial charge in [0.15, 0.2) is 5.65 Å². The van der Waals surface area contributed by atoms with Crippen molar-refractivity contribution in [1.29, 1.82) is 5.26 Å². The number of nitrogens with two attached hydrogens (primary N) is 1. The zero-order valence-electron chi connectivity index (χ0n) is 15.5. The van der Waals surface area contributed by atoms with E-state index in [9.17, 15) is 10.1 Å². The molecule has 1 fully saturated rings. The Kier molecular flexibility index (Phi) is 4.21. The Balaban J connectivity index is 1.79. The number of aromatic nitrogens is 2. The van der Waals surface area contributed by atoms with Crippen LogP contribution in [-0.4, -0.2) is 52.4 Å². The number of carbonyl (C=O) groups excluding carboxylic acids is 1. The first-order chi connectivity index (χ1) is 13.0. The van der Waals surface area contributed by atoms with Gasteiger partial charge in [0, 0.05) is 26.2 Å². The van der Waals surface area contributed by atoms with Crippen molar-refractivity contribution >= 4 is 28.4 Å². The monoisotopic (exact) mass is 362 g/mol. The van der Waals surface area contributed by atoms with Crippen molar-refractivity contribution in [1.82, 2.24) is 14.3 Å². The molecule has 0 bridgehead atoms. The van der Waals surface area contributed by atoms with E-state index in [1.54, 1.807) is 0 Å². The molecule has 1 aliphatic heterocycles. The average molecular weight is 362 g/mol. The minimum absolute atomic E-state index is 0.260. The van der Waals surface area contributed by atoms with Crippen molar-refractivity contribution in [3.63, 3.8) is 0 Å². The number of carbonyl (C=O) groups is 1. The first kappa shape index (κ1) is 17.3. The van der Waals surface area contributed by atoms with Crippen LogP contribution in [0.5, 0.6) is 0 Å². The van der Waals surface area contributed by atoms with Gasteiger partial charge in [-0.05, 0) is 37.6 Å². The summed E-state index contributed by atoms with van der Waals surface area (Å²) in [6, 6.07) is 12.0. The van der Waals surface area contributed by atoms with Crippen LogP contribution in [0.25, 0.3) is 16.7 Å². The van der Waals surface area contributed by atoms with Gasteiger partial charge in [-0.1, -0.05) is 12.1 Å². The molecule has 4 rings (SSSR count). The highest BCUT2D eigenvalue weighted by molar-refractivity contribution is 5.85. The van der Waals surface area contributed by atoms with Crippen molar-refractivity contribution in [2.24, 2.45) is 5.73 Å². The molecule has 0 aliphatic carbocycles. The first-order valence-corrected chi connectivity index (χ1v) is 9.10. The number of imidazole rings is 1. The summed E-state index contributed by atoms with van der Waals surface area (Å²) in [6.07, 6.45) is 0. The van der Waals surface area contributed by atoms with Gasteiger partial charge in [-0.2, -0.15) is 5.26 Å². The summed E-state index contributed by atoms with van der Waals surface area (Å²) >= 11 is 0. The lowest BCUT2D eigenvalue weighted by Gasteiger charge is -2.38. The van der Waals surface area contributed by atoms with Gasteiger partial charge in [-0.15, -0.1) is 0 Å². The summed E-state index contributed by atoms with van der Waals surface area (Å²) < 4.78 is 2.08. The number of rotatable bonds is 3. The number of pyridine rings is 1. The fraction of sp³-hybridized carbons (Fsp3) is 0.350. The van der Waals surface area contributed by atoms with Crippen LogP contribution in [0.4, 0.5) is 5.82 Å². The van der Waals surface area contributed by atoms with E-state index in [4.69, 9.17) is 10.7 Å². The molecule has 1 unspecified atom stereocenters. The molecule has 1 aromatic carbocycles. The Morgan fingerprint density at radius 2 is 1.96 bits per heavy atom. The first-order valence-electron chi connectivity index (χ1n) is 9.10. The summed E-state index contributed by atoms with van der Waals surface area (Å²) in [6.45, 7) is 6.89. The topological polar surface area (TPSA) is 90.7 Å². The lowest BCUT2D eigenvalue weighted by molar-refractivity contribution is -0.122. The summed E-state index contributed by atoms with van der Waals surface area (Å²) in [4.78, 5) is 20.6. The third-order valence-corrected chi connectivity index (χ3v) is 5.46. The second kappa shape index (κ2) is 6.56. The van der Waals surface area contributed by atoms with Crippen LogP contribution in [0, 0.1) is 18.3 Å². The quantitative estimate of drug-likeness (QED) is 0.765. The van der Waals surface area contributed by atoms with Crippen LogP contribution in [0.3, 0.4) is 0 Å². The Morgan fingerprint density at radius 3 is 2.63 bits per heavy atom. The molecule has 7 heteroatoms. The van der Waals surface area contributed by atoms with Crippen LogP contribution in [0.2, 0.25) is 0 Å². The van der Waals surface area contributed by atoms with Gasteiger partial charge >= 0.3 is 0 Å².